The van der Waals surface area contributed by atoms with Crippen LogP contribution in [0.25, 0.3) is 0 Å². The molecule has 0 unspecified atom stereocenters. The molecule has 0 nitrogen and oxygen atoms in total. The van der Waals surface area contributed by atoms with Crippen molar-refractivity contribution in [2.24, 2.45) is 0 Å². The fourth-order valence-corrected chi connectivity index (χ4v) is 1.57. The minimum Gasteiger partial charge on any atom is -0.0928 e. The third-order valence-electron chi connectivity index (χ3n) is 1.34. The number of rotatable bonds is 5. The van der Waals surface area contributed by atoms with Crippen LogP contribution in [0.4, 0.5) is 0 Å². The molecule has 0 heterocycles. The van der Waals surface area contributed by atoms with E-state index in [-0.39, 0.29) is 0 Å². The fraction of sp³-hybridized carbons (Fsp3) is 1.00. The maximum Gasteiger partial charge on any atom is 0.190 e. The maximum absolute atomic E-state index is 5.57. The SMILES string of the molecule is ClC(Cl)(Cl)CCCCCCBr. The molecule has 0 atom stereocenters. The van der Waals surface area contributed by atoms with Crippen molar-refractivity contribution in [2.45, 2.75) is 35.9 Å². The molecule has 4 heteroatoms. The minimum atomic E-state index is -1.05. The quantitative estimate of drug-likeness (QED) is 0.506. The van der Waals surface area contributed by atoms with E-state index in [0.29, 0.717) is 6.42 Å². The van der Waals surface area contributed by atoms with Gasteiger partial charge in [0.05, 0.1) is 0 Å². The van der Waals surface area contributed by atoms with Crippen LogP contribution in [0.5, 0.6) is 0 Å². The number of unbranched alkanes of at least 4 members (excludes halogenated alkanes) is 3. The van der Waals surface area contributed by atoms with Crippen molar-refractivity contribution in [3.63, 3.8) is 0 Å². The number of alkyl halides is 4. The van der Waals surface area contributed by atoms with Gasteiger partial charge in [0.2, 0.25) is 0 Å². The van der Waals surface area contributed by atoms with E-state index in [9.17, 15) is 0 Å². The Hall–Kier alpha value is 1.35. The van der Waals surface area contributed by atoms with E-state index in [4.69, 9.17) is 34.8 Å². The fourth-order valence-electron chi connectivity index (χ4n) is 0.773. The van der Waals surface area contributed by atoms with Crippen molar-refractivity contribution in [1.29, 1.82) is 0 Å². The van der Waals surface area contributed by atoms with Crippen molar-refractivity contribution in [3.8, 4) is 0 Å². The summed E-state index contributed by atoms with van der Waals surface area (Å²) in [5.41, 5.74) is 0. The normalized spacial score (nSPS) is 12.0. The van der Waals surface area contributed by atoms with Crippen LogP contribution < -0.4 is 0 Å². The van der Waals surface area contributed by atoms with Gasteiger partial charge in [0.15, 0.2) is 3.79 Å². The summed E-state index contributed by atoms with van der Waals surface area (Å²) in [6.45, 7) is 0. The number of hydrogen-bond donors (Lipinski definition) is 0. The largest absolute Gasteiger partial charge is 0.190 e. The second kappa shape index (κ2) is 6.82. The lowest BCUT2D eigenvalue weighted by Crippen LogP contribution is -2.00. The highest BCUT2D eigenvalue weighted by Crippen LogP contribution is 2.31. The van der Waals surface area contributed by atoms with Gasteiger partial charge in [-0.05, 0) is 19.3 Å². The summed E-state index contributed by atoms with van der Waals surface area (Å²) < 4.78 is -1.05. The first-order valence-electron chi connectivity index (χ1n) is 3.69. The Balaban J connectivity index is 3.02. The smallest absolute Gasteiger partial charge is 0.0928 e. The summed E-state index contributed by atoms with van der Waals surface area (Å²) in [5, 5.41) is 1.07. The van der Waals surface area contributed by atoms with E-state index in [0.717, 1.165) is 18.2 Å². The Morgan fingerprint density at radius 1 is 0.909 bits per heavy atom. The van der Waals surface area contributed by atoms with Crippen molar-refractivity contribution in [3.05, 3.63) is 0 Å². The van der Waals surface area contributed by atoms with Crippen molar-refractivity contribution in [1.82, 2.24) is 0 Å². The predicted octanol–water partition coefficient (Wildman–Crippen LogP) is 4.70. The molecule has 11 heavy (non-hydrogen) atoms. The summed E-state index contributed by atoms with van der Waals surface area (Å²) in [6.07, 6.45) is 5.24. The van der Waals surface area contributed by atoms with Gasteiger partial charge in [-0.25, -0.2) is 0 Å². The summed E-state index contributed by atoms with van der Waals surface area (Å²) in [5.74, 6) is 0. The first-order chi connectivity index (χ1) is 5.06. The molecule has 0 aliphatic carbocycles. The molecule has 0 spiro atoms. The van der Waals surface area contributed by atoms with Gasteiger partial charge >= 0.3 is 0 Å². The average molecular weight is 282 g/mol. The average Bonchev–Trinajstić information content (AvgIpc) is 1.85. The zero-order valence-electron chi connectivity index (χ0n) is 6.25. The molecule has 0 aliphatic rings. The van der Waals surface area contributed by atoms with Crippen LogP contribution >= 0.6 is 50.7 Å². The molecule has 0 radical (unpaired) electrons. The predicted molar refractivity (Wildman–Crippen MR) is 57.2 cm³/mol. The first kappa shape index (κ1) is 12.3. The Labute approximate surface area is 91.7 Å². The Morgan fingerprint density at radius 2 is 1.45 bits per heavy atom. The van der Waals surface area contributed by atoms with Crippen LogP contribution in [0.1, 0.15) is 32.1 Å². The molecule has 0 saturated carbocycles. The number of hydrogen-bond acceptors (Lipinski definition) is 0. The van der Waals surface area contributed by atoms with Crippen molar-refractivity contribution < 1.29 is 0 Å². The number of halogens is 4. The van der Waals surface area contributed by atoms with Crippen molar-refractivity contribution in [2.75, 3.05) is 5.33 Å². The molecular weight excluding hydrogens is 270 g/mol. The highest BCUT2D eigenvalue weighted by atomic mass is 79.9. The van der Waals surface area contributed by atoms with Crippen LogP contribution in [0.2, 0.25) is 0 Å². The lowest BCUT2D eigenvalue weighted by atomic mass is 10.2. The van der Waals surface area contributed by atoms with Crippen LogP contribution in [0.3, 0.4) is 0 Å². The lowest BCUT2D eigenvalue weighted by molar-refractivity contribution is 0.643. The van der Waals surface area contributed by atoms with E-state index in [1.807, 2.05) is 0 Å². The highest BCUT2D eigenvalue weighted by molar-refractivity contribution is 9.09. The Morgan fingerprint density at radius 3 is 1.91 bits per heavy atom. The molecule has 68 valence electrons. The molecule has 0 amide bonds. The van der Waals surface area contributed by atoms with E-state index in [2.05, 4.69) is 15.9 Å². The minimum absolute atomic E-state index is 0.667. The molecule has 0 fully saturated rings. The second-order valence-corrected chi connectivity index (χ2v) is 5.78. The molecule has 0 rings (SSSR count). The van der Waals surface area contributed by atoms with E-state index in [1.54, 1.807) is 0 Å². The van der Waals surface area contributed by atoms with Gasteiger partial charge in [-0.3, -0.25) is 0 Å². The molecule has 0 aliphatic heterocycles. The zero-order valence-corrected chi connectivity index (χ0v) is 10.1. The monoisotopic (exact) mass is 280 g/mol. The maximum atomic E-state index is 5.57. The molecule has 0 bridgehead atoms. The summed E-state index contributed by atoms with van der Waals surface area (Å²) in [7, 11) is 0. The Bertz CT molecular complexity index is 90.2. The van der Waals surface area contributed by atoms with Gasteiger partial charge in [-0.2, -0.15) is 0 Å². The van der Waals surface area contributed by atoms with Crippen LogP contribution in [-0.2, 0) is 0 Å². The van der Waals surface area contributed by atoms with Crippen LogP contribution in [-0.4, -0.2) is 9.12 Å². The van der Waals surface area contributed by atoms with Gasteiger partial charge in [-0.1, -0.05) is 63.6 Å². The summed E-state index contributed by atoms with van der Waals surface area (Å²) >= 11 is 20.1. The van der Waals surface area contributed by atoms with E-state index >= 15 is 0 Å². The second-order valence-electron chi connectivity index (χ2n) is 2.47. The molecule has 0 aromatic rings. The lowest BCUT2D eigenvalue weighted by Gasteiger charge is -2.09. The van der Waals surface area contributed by atoms with Crippen LogP contribution in [0.15, 0.2) is 0 Å². The van der Waals surface area contributed by atoms with Crippen molar-refractivity contribution >= 4 is 50.7 Å². The summed E-state index contributed by atoms with van der Waals surface area (Å²) in [4.78, 5) is 0. The van der Waals surface area contributed by atoms with Gasteiger partial charge in [0, 0.05) is 5.33 Å². The topological polar surface area (TPSA) is 0 Å². The standard InChI is InChI=1S/C7H12BrCl3/c8-6-4-2-1-3-5-7(9,10)11/h1-6H2. The first-order valence-corrected chi connectivity index (χ1v) is 5.94. The molecule has 0 N–H and O–H groups in total. The zero-order chi connectivity index (χ0) is 8.74. The van der Waals surface area contributed by atoms with E-state index < -0.39 is 3.79 Å². The molecule has 0 aromatic heterocycles. The van der Waals surface area contributed by atoms with Gasteiger partial charge in [0.25, 0.3) is 0 Å². The summed E-state index contributed by atoms with van der Waals surface area (Å²) in [6, 6.07) is 0. The van der Waals surface area contributed by atoms with Gasteiger partial charge < -0.3 is 0 Å². The molecular formula is C7H12BrCl3. The third-order valence-corrected chi connectivity index (χ3v) is 2.47. The highest BCUT2D eigenvalue weighted by Gasteiger charge is 2.17. The van der Waals surface area contributed by atoms with E-state index in [1.165, 1.54) is 12.8 Å². The molecule has 0 aromatic carbocycles. The Kier molecular flexibility index (Phi) is 7.66. The molecule has 0 saturated heterocycles. The van der Waals surface area contributed by atoms with Crippen LogP contribution in [0, 0.1) is 0 Å². The van der Waals surface area contributed by atoms with Gasteiger partial charge in [-0.15, -0.1) is 0 Å². The van der Waals surface area contributed by atoms with Gasteiger partial charge in [0.1, 0.15) is 0 Å². The third kappa shape index (κ3) is 11.3.